The summed E-state index contributed by atoms with van der Waals surface area (Å²) in [6.45, 7) is 3.44. The third-order valence-corrected chi connectivity index (χ3v) is 0.526. The molecule has 4 heteroatoms. The van der Waals surface area contributed by atoms with Crippen molar-refractivity contribution in [2.75, 3.05) is 14.2 Å². The van der Waals surface area contributed by atoms with Gasteiger partial charge in [-0.15, -0.1) is 0 Å². The Morgan fingerprint density at radius 2 is 2.10 bits per heavy atom. The topological polar surface area (TPSA) is 38.3 Å². The SMILES string of the molecule is CNOC.[CH2-]CCC=O.[W]. The van der Waals surface area contributed by atoms with Crippen LogP contribution in [0.15, 0.2) is 0 Å². The van der Waals surface area contributed by atoms with Gasteiger partial charge in [0.1, 0.15) is 6.29 Å². The van der Waals surface area contributed by atoms with E-state index in [4.69, 9.17) is 0 Å². The fourth-order valence-corrected chi connectivity index (χ4v) is 0.0833. The minimum absolute atomic E-state index is 0. The Hall–Kier alpha value is 0.278. The molecule has 0 spiro atoms. The zero-order chi connectivity index (χ0) is 7.54. The van der Waals surface area contributed by atoms with Gasteiger partial charge in [-0.1, -0.05) is 0 Å². The van der Waals surface area contributed by atoms with E-state index in [1.807, 2.05) is 0 Å². The Labute approximate surface area is 76.7 Å². The van der Waals surface area contributed by atoms with Crippen LogP contribution in [0.2, 0.25) is 0 Å². The van der Waals surface area contributed by atoms with Crippen LogP contribution >= 0.6 is 0 Å². The molecule has 0 saturated carbocycles. The Morgan fingerprint density at radius 3 is 2.10 bits per heavy atom. The molecular formula is C6H14NO2W-. The fourth-order valence-electron chi connectivity index (χ4n) is 0.0833. The number of hydroxylamine groups is 1. The third kappa shape index (κ3) is 40.8. The molecule has 0 unspecified atom stereocenters. The van der Waals surface area contributed by atoms with Crippen molar-refractivity contribution in [2.45, 2.75) is 12.8 Å². The van der Waals surface area contributed by atoms with Gasteiger partial charge in [-0.25, -0.2) is 5.48 Å². The van der Waals surface area contributed by atoms with Crippen molar-refractivity contribution in [3.63, 3.8) is 0 Å². The first-order chi connectivity index (χ1) is 4.33. The number of rotatable bonds is 3. The summed E-state index contributed by atoms with van der Waals surface area (Å²) in [6, 6.07) is 0. The van der Waals surface area contributed by atoms with E-state index in [9.17, 15) is 4.79 Å². The molecule has 0 aliphatic carbocycles. The molecule has 0 aromatic rings. The summed E-state index contributed by atoms with van der Waals surface area (Å²) in [6.07, 6.45) is 2.19. The zero-order valence-electron chi connectivity index (χ0n) is 6.42. The molecule has 62 valence electrons. The van der Waals surface area contributed by atoms with E-state index in [0.717, 1.165) is 12.7 Å². The van der Waals surface area contributed by atoms with Crippen LogP contribution < -0.4 is 5.48 Å². The van der Waals surface area contributed by atoms with Crippen molar-refractivity contribution in [2.24, 2.45) is 0 Å². The molecule has 1 N–H and O–H groups in total. The number of aldehydes is 1. The number of hydrogen-bond acceptors (Lipinski definition) is 3. The van der Waals surface area contributed by atoms with Gasteiger partial charge < -0.3 is 16.6 Å². The average Bonchev–Trinajstić information content (AvgIpc) is 1.91. The van der Waals surface area contributed by atoms with Gasteiger partial charge in [0.25, 0.3) is 0 Å². The average molecular weight is 316 g/mol. The van der Waals surface area contributed by atoms with Crippen molar-refractivity contribution in [1.82, 2.24) is 5.48 Å². The molecule has 10 heavy (non-hydrogen) atoms. The van der Waals surface area contributed by atoms with Crippen LogP contribution in [-0.2, 0) is 30.7 Å². The van der Waals surface area contributed by atoms with Gasteiger partial charge in [-0.05, 0) is 6.42 Å². The standard InChI is InChI=1S/C4H7O.C2H7NO.W/c1-2-3-4-5;1-3-4-2;/h4H,1-3H2;3H,1-2H3;/q-1;;. The van der Waals surface area contributed by atoms with Crippen LogP contribution in [0.25, 0.3) is 0 Å². The number of nitrogens with one attached hydrogen (secondary N) is 1. The summed E-state index contributed by atoms with van der Waals surface area (Å²) in [5, 5.41) is 0. The van der Waals surface area contributed by atoms with Gasteiger partial charge in [0.15, 0.2) is 0 Å². The first-order valence-electron chi connectivity index (χ1n) is 2.76. The number of carbonyl (C=O) groups excluding carboxylic acids is 1. The molecule has 0 aliphatic rings. The van der Waals surface area contributed by atoms with Crippen LogP contribution in [-0.4, -0.2) is 20.4 Å². The molecule has 0 saturated heterocycles. The monoisotopic (exact) mass is 316 g/mol. The molecule has 0 fully saturated rings. The summed E-state index contributed by atoms with van der Waals surface area (Å²) in [4.78, 5) is 13.7. The summed E-state index contributed by atoms with van der Waals surface area (Å²) < 4.78 is 0. The predicted molar refractivity (Wildman–Crippen MR) is 36.7 cm³/mol. The first kappa shape index (κ1) is 16.7. The summed E-state index contributed by atoms with van der Waals surface area (Å²) >= 11 is 0. The van der Waals surface area contributed by atoms with Crippen LogP contribution in [0.5, 0.6) is 0 Å². The van der Waals surface area contributed by atoms with E-state index in [1.165, 1.54) is 0 Å². The van der Waals surface area contributed by atoms with Crippen molar-refractivity contribution in [3.8, 4) is 0 Å². The van der Waals surface area contributed by atoms with Gasteiger partial charge in [0.05, 0.1) is 7.11 Å². The van der Waals surface area contributed by atoms with E-state index < -0.39 is 0 Å². The van der Waals surface area contributed by atoms with Gasteiger partial charge in [0.2, 0.25) is 0 Å². The second-order valence-corrected chi connectivity index (χ2v) is 1.22. The molecule has 0 bridgehead atoms. The Morgan fingerprint density at radius 1 is 1.70 bits per heavy atom. The molecule has 0 aromatic carbocycles. The minimum atomic E-state index is 0. The Bertz CT molecular complexity index is 51.0. The number of unbranched alkanes of at least 4 members (excludes halogenated alkanes) is 1. The normalized spacial score (nSPS) is 6.70. The smallest absolute Gasteiger partial charge is 0.117 e. The van der Waals surface area contributed by atoms with E-state index in [1.54, 1.807) is 14.2 Å². The second kappa shape index (κ2) is 22.8. The fraction of sp³-hybridized carbons (Fsp3) is 0.667. The van der Waals surface area contributed by atoms with E-state index in [0.29, 0.717) is 6.42 Å². The Balaban J connectivity index is -0.0000000910. The van der Waals surface area contributed by atoms with Crippen molar-refractivity contribution in [3.05, 3.63) is 6.92 Å². The van der Waals surface area contributed by atoms with Gasteiger partial charge in [-0.3, -0.25) is 0 Å². The van der Waals surface area contributed by atoms with Gasteiger partial charge in [-0.2, -0.15) is 6.42 Å². The van der Waals surface area contributed by atoms with E-state index in [2.05, 4.69) is 17.2 Å². The van der Waals surface area contributed by atoms with E-state index in [-0.39, 0.29) is 21.1 Å². The van der Waals surface area contributed by atoms with E-state index >= 15 is 0 Å². The molecule has 0 heterocycles. The summed E-state index contributed by atoms with van der Waals surface area (Å²) in [5.74, 6) is 0. The maximum atomic E-state index is 9.36. The Kier molecular flexibility index (Phi) is 38.1. The molecule has 0 atom stereocenters. The van der Waals surface area contributed by atoms with Crippen LogP contribution in [0.1, 0.15) is 12.8 Å². The van der Waals surface area contributed by atoms with Crippen LogP contribution in [0.4, 0.5) is 0 Å². The van der Waals surface area contributed by atoms with Crippen molar-refractivity contribution >= 4 is 6.29 Å². The summed E-state index contributed by atoms with van der Waals surface area (Å²) in [5.41, 5.74) is 2.43. The maximum absolute atomic E-state index is 9.36. The number of carbonyl (C=O) groups is 1. The third-order valence-electron chi connectivity index (χ3n) is 0.526. The minimum Gasteiger partial charge on any atom is -0.343 e. The maximum Gasteiger partial charge on any atom is 0.117 e. The first-order valence-corrected chi connectivity index (χ1v) is 2.76. The van der Waals surface area contributed by atoms with Crippen molar-refractivity contribution in [1.29, 1.82) is 0 Å². The number of hydrogen-bond donors (Lipinski definition) is 1. The van der Waals surface area contributed by atoms with Crippen LogP contribution in [0.3, 0.4) is 0 Å². The zero-order valence-corrected chi connectivity index (χ0v) is 9.36. The largest absolute Gasteiger partial charge is 0.343 e. The second-order valence-electron chi connectivity index (χ2n) is 1.22. The summed E-state index contributed by atoms with van der Waals surface area (Å²) in [7, 11) is 3.28. The quantitative estimate of drug-likeness (QED) is 0.470. The molecule has 0 rings (SSSR count). The predicted octanol–water partition coefficient (Wildman–Crippen LogP) is 0.564. The molecule has 3 nitrogen and oxygen atoms in total. The van der Waals surface area contributed by atoms with Gasteiger partial charge in [0, 0.05) is 28.1 Å². The molecule has 0 aromatic heterocycles. The molecular weight excluding hydrogens is 302 g/mol. The van der Waals surface area contributed by atoms with Gasteiger partial charge >= 0.3 is 0 Å². The van der Waals surface area contributed by atoms with Crippen LogP contribution in [0, 0.1) is 6.92 Å². The van der Waals surface area contributed by atoms with Crippen molar-refractivity contribution < 1.29 is 30.7 Å². The molecule has 0 radical (unpaired) electrons. The molecule has 0 aliphatic heterocycles. The molecule has 0 amide bonds.